The first-order chi connectivity index (χ1) is 18.3. The summed E-state index contributed by atoms with van der Waals surface area (Å²) in [6.45, 7) is 2.83. The smallest absolute Gasteiger partial charge is 0.243 e. The van der Waals surface area contributed by atoms with E-state index in [1.54, 1.807) is 34.4 Å². The first-order valence-corrected chi connectivity index (χ1v) is 15.3. The SMILES string of the molecule is COc1ccc(S(=O)(=O)N(CC(=O)N2CCc3sccc3C2COc2ccc(Cl)c(C)c2)CC2CC2)cc1. The average molecular weight is 575 g/mol. The molecule has 0 bridgehead atoms. The summed E-state index contributed by atoms with van der Waals surface area (Å²) in [4.78, 5) is 16.9. The number of ether oxygens (including phenoxy) is 2. The Kier molecular flexibility index (Phi) is 8.00. The van der Waals surface area contributed by atoms with Crippen LogP contribution in [0, 0.1) is 12.8 Å². The largest absolute Gasteiger partial charge is 0.497 e. The van der Waals surface area contributed by atoms with Crippen LogP contribution in [0.2, 0.25) is 5.02 Å². The quantitative estimate of drug-likeness (QED) is 0.327. The summed E-state index contributed by atoms with van der Waals surface area (Å²) in [5.74, 6) is 1.32. The van der Waals surface area contributed by atoms with Crippen LogP contribution in [0.3, 0.4) is 0 Å². The maximum Gasteiger partial charge on any atom is 0.243 e. The van der Waals surface area contributed by atoms with Gasteiger partial charge in [0, 0.05) is 23.0 Å². The van der Waals surface area contributed by atoms with E-state index >= 15 is 0 Å². The number of thiophene rings is 1. The van der Waals surface area contributed by atoms with E-state index in [9.17, 15) is 13.2 Å². The molecule has 2 aliphatic rings. The second-order valence-corrected chi connectivity index (χ2v) is 13.1. The molecule has 1 aliphatic heterocycles. The fourth-order valence-corrected chi connectivity index (χ4v) is 7.24. The molecule has 38 heavy (non-hydrogen) atoms. The third-order valence-corrected chi connectivity index (χ3v) is 10.4. The molecule has 5 rings (SSSR count). The van der Waals surface area contributed by atoms with Gasteiger partial charge < -0.3 is 14.4 Å². The molecule has 2 heterocycles. The van der Waals surface area contributed by atoms with Gasteiger partial charge in [-0.1, -0.05) is 11.6 Å². The maximum absolute atomic E-state index is 13.8. The number of halogens is 1. The number of benzene rings is 2. The zero-order valence-corrected chi connectivity index (χ0v) is 23.8. The second-order valence-electron chi connectivity index (χ2n) is 9.79. The molecular weight excluding hydrogens is 544 g/mol. The number of carbonyl (C=O) groups is 1. The number of hydrogen-bond acceptors (Lipinski definition) is 6. The predicted molar refractivity (Wildman–Crippen MR) is 149 cm³/mol. The highest BCUT2D eigenvalue weighted by atomic mass is 35.5. The van der Waals surface area contributed by atoms with Crippen LogP contribution in [0.15, 0.2) is 58.8 Å². The van der Waals surface area contributed by atoms with Gasteiger partial charge in [-0.05, 0) is 97.1 Å². The van der Waals surface area contributed by atoms with E-state index in [0.717, 1.165) is 30.4 Å². The number of rotatable bonds is 10. The van der Waals surface area contributed by atoms with Gasteiger partial charge in [-0.2, -0.15) is 4.31 Å². The van der Waals surface area contributed by atoms with E-state index in [4.69, 9.17) is 21.1 Å². The lowest BCUT2D eigenvalue weighted by Crippen LogP contribution is -2.48. The number of fused-ring (bicyclic) bond motifs is 1. The Morgan fingerprint density at radius 2 is 1.87 bits per heavy atom. The molecule has 1 amide bonds. The van der Waals surface area contributed by atoms with Crippen molar-refractivity contribution in [1.82, 2.24) is 9.21 Å². The average Bonchev–Trinajstić information content (AvgIpc) is 3.61. The van der Waals surface area contributed by atoms with Crippen molar-refractivity contribution in [2.75, 3.05) is 33.4 Å². The zero-order valence-electron chi connectivity index (χ0n) is 21.4. The Morgan fingerprint density at radius 3 is 2.55 bits per heavy atom. The first-order valence-electron chi connectivity index (χ1n) is 12.6. The normalized spacial score (nSPS) is 17.4. The van der Waals surface area contributed by atoms with E-state index in [0.29, 0.717) is 29.6 Å². The number of hydrogen-bond donors (Lipinski definition) is 0. The predicted octanol–water partition coefficient (Wildman–Crippen LogP) is 5.32. The molecule has 0 saturated heterocycles. The monoisotopic (exact) mass is 574 g/mol. The lowest BCUT2D eigenvalue weighted by atomic mass is 10.0. The molecule has 2 aromatic carbocycles. The van der Waals surface area contributed by atoms with Crippen LogP contribution in [0.4, 0.5) is 0 Å². The molecule has 0 radical (unpaired) electrons. The second kappa shape index (κ2) is 11.3. The summed E-state index contributed by atoms with van der Waals surface area (Å²) < 4.78 is 39.9. The summed E-state index contributed by atoms with van der Waals surface area (Å²) in [7, 11) is -2.32. The fourth-order valence-electron chi connectivity index (χ4n) is 4.73. The van der Waals surface area contributed by atoms with Crippen molar-refractivity contribution in [1.29, 1.82) is 0 Å². The van der Waals surface area contributed by atoms with Crippen LogP contribution >= 0.6 is 22.9 Å². The Balaban J connectivity index is 1.37. The number of aryl methyl sites for hydroxylation is 1. The Bertz CT molecular complexity index is 1400. The van der Waals surface area contributed by atoms with Crippen LogP contribution < -0.4 is 9.47 Å². The highest BCUT2D eigenvalue weighted by Crippen LogP contribution is 2.36. The van der Waals surface area contributed by atoms with Gasteiger partial charge in [0.2, 0.25) is 15.9 Å². The van der Waals surface area contributed by atoms with E-state index in [1.165, 1.54) is 28.4 Å². The number of sulfonamides is 1. The molecule has 1 aliphatic carbocycles. The minimum absolute atomic E-state index is 0.156. The number of methoxy groups -OCH3 is 1. The third-order valence-electron chi connectivity index (χ3n) is 7.12. The van der Waals surface area contributed by atoms with E-state index in [-0.39, 0.29) is 35.9 Å². The van der Waals surface area contributed by atoms with Gasteiger partial charge in [0.25, 0.3) is 0 Å². The highest BCUT2D eigenvalue weighted by Gasteiger charge is 2.37. The molecule has 10 heteroatoms. The molecular formula is C28H31ClN2O5S2. The molecule has 1 unspecified atom stereocenters. The lowest BCUT2D eigenvalue weighted by molar-refractivity contribution is -0.135. The van der Waals surface area contributed by atoms with Crippen LogP contribution in [0.25, 0.3) is 0 Å². The molecule has 3 aromatic rings. The summed E-state index contributed by atoms with van der Waals surface area (Å²) in [5, 5.41) is 2.70. The van der Waals surface area contributed by atoms with Gasteiger partial charge in [-0.25, -0.2) is 8.42 Å². The van der Waals surface area contributed by atoms with Crippen molar-refractivity contribution in [3.63, 3.8) is 0 Å². The van der Waals surface area contributed by atoms with Crippen LogP contribution in [-0.4, -0.2) is 56.9 Å². The van der Waals surface area contributed by atoms with Crippen LogP contribution in [0.5, 0.6) is 11.5 Å². The van der Waals surface area contributed by atoms with Crippen molar-refractivity contribution >= 4 is 38.9 Å². The van der Waals surface area contributed by atoms with Gasteiger partial charge in [-0.3, -0.25) is 4.79 Å². The highest BCUT2D eigenvalue weighted by molar-refractivity contribution is 7.89. The third kappa shape index (κ3) is 5.86. The van der Waals surface area contributed by atoms with Gasteiger partial charge in [0.15, 0.2) is 0 Å². The molecule has 1 saturated carbocycles. The minimum Gasteiger partial charge on any atom is -0.497 e. The van der Waals surface area contributed by atoms with Crippen molar-refractivity contribution in [2.45, 2.75) is 37.1 Å². The molecule has 1 atom stereocenters. The standard InChI is InChI=1S/C28H31ClN2O5S2/c1-19-15-22(7-10-25(19)29)36-18-26-24-12-14-37-27(24)11-13-31(26)28(32)17-30(16-20-3-4-20)38(33,34)23-8-5-21(35-2)6-9-23/h5-10,12,14-15,20,26H,3-4,11,13,16-18H2,1-2H3. The van der Waals surface area contributed by atoms with Gasteiger partial charge >= 0.3 is 0 Å². The van der Waals surface area contributed by atoms with E-state index in [1.807, 2.05) is 30.5 Å². The van der Waals surface area contributed by atoms with Crippen molar-refractivity contribution in [3.8, 4) is 11.5 Å². The van der Waals surface area contributed by atoms with Crippen molar-refractivity contribution in [2.24, 2.45) is 5.92 Å². The number of carbonyl (C=O) groups excluding carboxylic acids is 1. The van der Waals surface area contributed by atoms with Crippen molar-refractivity contribution < 1.29 is 22.7 Å². The van der Waals surface area contributed by atoms with Gasteiger partial charge in [0.05, 0.1) is 24.6 Å². The Hall–Kier alpha value is -2.59. The molecule has 202 valence electrons. The topological polar surface area (TPSA) is 76.2 Å². The zero-order chi connectivity index (χ0) is 26.9. The molecule has 1 aromatic heterocycles. The summed E-state index contributed by atoms with van der Waals surface area (Å²) in [6, 6.07) is 13.5. The fraction of sp³-hybridized carbons (Fsp3) is 0.393. The lowest BCUT2D eigenvalue weighted by Gasteiger charge is -2.37. The summed E-state index contributed by atoms with van der Waals surface area (Å²) in [6.07, 6.45) is 2.69. The van der Waals surface area contributed by atoms with E-state index < -0.39 is 10.0 Å². The minimum atomic E-state index is -3.86. The molecule has 0 N–H and O–H groups in total. The van der Waals surface area contributed by atoms with Gasteiger partial charge in [0.1, 0.15) is 18.1 Å². The number of nitrogens with zero attached hydrogens (tertiary/aromatic N) is 2. The Labute approximate surface area is 233 Å². The molecule has 0 spiro atoms. The maximum atomic E-state index is 13.8. The first kappa shape index (κ1) is 27.0. The summed E-state index contributed by atoms with van der Waals surface area (Å²) in [5.41, 5.74) is 1.98. The van der Waals surface area contributed by atoms with Crippen LogP contribution in [-0.2, 0) is 21.2 Å². The van der Waals surface area contributed by atoms with Crippen LogP contribution in [0.1, 0.15) is 34.9 Å². The van der Waals surface area contributed by atoms with E-state index in [2.05, 4.69) is 0 Å². The van der Waals surface area contributed by atoms with Gasteiger partial charge in [-0.15, -0.1) is 11.3 Å². The summed E-state index contributed by atoms with van der Waals surface area (Å²) >= 11 is 7.84. The molecule has 1 fully saturated rings. The number of amides is 1. The molecule has 7 nitrogen and oxygen atoms in total. The Morgan fingerprint density at radius 1 is 1.13 bits per heavy atom. The van der Waals surface area contributed by atoms with Crippen molar-refractivity contribution in [3.05, 3.63) is 74.9 Å².